The lowest BCUT2D eigenvalue weighted by Crippen LogP contribution is -2.52. The van der Waals surface area contributed by atoms with E-state index < -0.39 is 16.1 Å². The normalized spacial score (nSPS) is 31.4. The molecule has 2 aliphatic heterocycles. The molecule has 1 saturated carbocycles. The van der Waals surface area contributed by atoms with Gasteiger partial charge in [-0.05, 0) is 49.7 Å². The lowest BCUT2D eigenvalue weighted by Gasteiger charge is -2.36. The fraction of sp³-hybridized carbons (Fsp3) is 0.632. The Kier molecular flexibility index (Phi) is 6.15. The Morgan fingerprint density at radius 1 is 1.04 bits per heavy atom. The third-order valence-corrected chi connectivity index (χ3v) is 8.23. The molecule has 2 heterocycles. The predicted octanol–water partition coefficient (Wildman–Crippen LogP) is 1.85. The number of fused-ring (bicyclic) bond motifs is 1. The van der Waals surface area contributed by atoms with E-state index in [4.69, 9.17) is 5.73 Å². The average Bonchev–Trinajstić information content (AvgIpc) is 3.24. The largest absolute Gasteiger partial charge is 0.341 e. The van der Waals surface area contributed by atoms with Crippen molar-refractivity contribution in [2.24, 2.45) is 17.6 Å². The van der Waals surface area contributed by atoms with E-state index >= 15 is 0 Å². The minimum atomic E-state index is -3.65. The van der Waals surface area contributed by atoms with E-state index in [1.165, 1.54) is 4.31 Å². The minimum absolute atomic E-state index is 0. The molecule has 4 rings (SSSR count). The molecule has 1 aliphatic carbocycles. The Morgan fingerprint density at radius 3 is 2.48 bits per heavy atom. The maximum Gasteiger partial charge on any atom is 0.243 e. The van der Waals surface area contributed by atoms with E-state index in [1.54, 1.807) is 30.3 Å². The zero-order valence-electron chi connectivity index (χ0n) is 15.4. The van der Waals surface area contributed by atoms with E-state index in [1.807, 2.05) is 4.90 Å². The highest BCUT2D eigenvalue weighted by atomic mass is 35.5. The van der Waals surface area contributed by atoms with E-state index in [2.05, 4.69) is 0 Å². The van der Waals surface area contributed by atoms with Gasteiger partial charge in [0.1, 0.15) is 6.04 Å². The highest BCUT2D eigenvalue weighted by Gasteiger charge is 2.46. The van der Waals surface area contributed by atoms with Crippen molar-refractivity contribution in [1.82, 2.24) is 9.21 Å². The zero-order chi connectivity index (χ0) is 18.3. The maximum atomic E-state index is 13.2. The highest BCUT2D eigenvalue weighted by Crippen LogP contribution is 2.38. The monoisotopic (exact) mass is 413 g/mol. The van der Waals surface area contributed by atoms with Crippen LogP contribution in [0.3, 0.4) is 0 Å². The number of carbonyl (C=O) groups is 1. The van der Waals surface area contributed by atoms with Gasteiger partial charge in [-0.1, -0.05) is 24.6 Å². The van der Waals surface area contributed by atoms with Gasteiger partial charge in [0.15, 0.2) is 0 Å². The van der Waals surface area contributed by atoms with Gasteiger partial charge in [0.2, 0.25) is 15.9 Å². The molecule has 0 spiro atoms. The maximum absolute atomic E-state index is 13.2. The fourth-order valence-electron chi connectivity index (χ4n) is 4.87. The van der Waals surface area contributed by atoms with Crippen LogP contribution in [0.5, 0.6) is 0 Å². The van der Waals surface area contributed by atoms with Crippen LogP contribution in [0.15, 0.2) is 35.2 Å². The van der Waals surface area contributed by atoms with Gasteiger partial charge in [0, 0.05) is 25.7 Å². The summed E-state index contributed by atoms with van der Waals surface area (Å²) in [5, 5.41) is 0. The van der Waals surface area contributed by atoms with Crippen LogP contribution in [-0.2, 0) is 14.8 Å². The Bertz CT molecular complexity index is 774. The number of halogens is 1. The summed E-state index contributed by atoms with van der Waals surface area (Å²) < 4.78 is 27.6. The second-order valence-electron chi connectivity index (χ2n) is 7.85. The van der Waals surface area contributed by atoms with Gasteiger partial charge in [0.25, 0.3) is 0 Å². The lowest BCUT2D eigenvalue weighted by molar-refractivity contribution is -0.135. The Labute approximate surface area is 167 Å². The number of amides is 1. The molecule has 6 nitrogen and oxygen atoms in total. The van der Waals surface area contributed by atoms with Gasteiger partial charge < -0.3 is 10.6 Å². The summed E-state index contributed by atoms with van der Waals surface area (Å²) in [5.41, 5.74) is 6.19. The van der Waals surface area contributed by atoms with Crippen molar-refractivity contribution < 1.29 is 13.2 Å². The van der Waals surface area contributed by atoms with Crippen LogP contribution in [0.25, 0.3) is 0 Å². The molecule has 3 aliphatic rings. The summed E-state index contributed by atoms with van der Waals surface area (Å²) in [6.45, 7) is 1.82. The van der Waals surface area contributed by atoms with Crippen molar-refractivity contribution in [3.63, 3.8) is 0 Å². The van der Waals surface area contributed by atoms with Crippen molar-refractivity contribution in [3.05, 3.63) is 30.3 Å². The second kappa shape index (κ2) is 8.07. The number of piperidine rings is 1. The number of nitrogens with two attached hydrogens (primary N) is 1. The summed E-state index contributed by atoms with van der Waals surface area (Å²) >= 11 is 0. The summed E-state index contributed by atoms with van der Waals surface area (Å²) in [5.74, 6) is 0.823. The van der Waals surface area contributed by atoms with Gasteiger partial charge >= 0.3 is 0 Å². The van der Waals surface area contributed by atoms with Gasteiger partial charge in [-0.15, -0.1) is 12.4 Å². The first-order chi connectivity index (χ1) is 12.5. The number of hydrogen-bond acceptors (Lipinski definition) is 4. The molecule has 0 aromatic heterocycles. The highest BCUT2D eigenvalue weighted by molar-refractivity contribution is 7.89. The summed E-state index contributed by atoms with van der Waals surface area (Å²) in [7, 11) is -3.65. The van der Waals surface area contributed by atoms with Crippen molar-refractivity contribution in [2.45, 2.75) is 49.1 Å². The molecule has 1 aromatic rings. The van der Waals surface area contributed by atoms with Crippen molar-refractivity contribution in [2.75, 3.05) is 19.6 Å². The number of nitrogens with zero attached hydrogens (tertiary/aromatic N) is 2. The van der Waals surface area contributed by atoms with Crippen molar-refractivity contribution in [1.29, 1.82) is 0 Å². The molecule has 0 radical (unpaired) electrons. The molecule has 3 fully saturated rings. The molecule has 2 N–H and O–H groups in total. The summed E-state index contributed by atoms with van der Waals surface area (Å²) in [4.78, 5) is 15.3. The van der Waals surface area contributed by atoms with Crippen LogP contribution in [0.4, 0.5) is 0 Å². The van der Waals surface area contributed by atoms with Crippen LogP contribution in [0.2, 0.25) is 0 Å². The number of sulfonamides is 1. The Morgan fingerprint density at radius 2 is 1.78 bits per heavy atom. The quantitative estimate of drug-likeness (QED) is 0.819. The van der Waals surface area contributed by atoms with E-state index in [-0.39, 0.29) is 29.3 Å². The molecule has 150 valence electrons. The topological polar surface area (TPSA) is 83.7 Å². The second-order valence-corrected chi connectivity index (χ2v) is 9.74. The van der Waals surface area contributed by atoms with Gasteiger partial charge in [0.05, 0.1) is 4.90 Å². The minimum Gasteiger partial charge on any atom is -0.341 e. The number of rotatable bonds is 3. The first kappa shape index (κ1) is 20.6. The van der Waals surface area contributed by atoms with Crippen LogP contribution < -0.4 is 5.73 Å². The van der Waals surface area contributed by atoms with Crippen LogP contribution in [-0.4, -0.2) is 55.2 Å². The molecule has 0 bridgehead atoms. The molecule has 4 atom stereocenters. The predicted molar refractivity (Wildman–Crippen MR) is 106 cm³/mol. The first-order valence-electron chi connectivity index (χ1n) is 9.60. The number of carbonyl (C=O) groups excluding carboxylic acids is 1. The third-order valence-electron chi connectivity index (χ3n) is 6.31. The van der Waals surface area contributed by atoms with E-state index in [0.29, 0.717) is 31.3 Å². The first-order valence-corrected chi connectivity index (χ1v) is 11.0. The van der Waals surface area contributed by atoms with E-state index in [9.17, 15) is 13.2 Å². The van der Waals surface area contributed by atoms with Crippen molar-refractivity contribution in [3.8, 4) is 0 Å². The molecule has 27 heavy (non-hydrogen) atoms. The molecule has 1 amide bonds. The average molecular weight is 414 g/mol. The molecule has 8 heteroatoms. The molecule has 4 unspecified atom stereocenters. The standard InChI is InChI=1S/C19H27N3O3S.ClH/c20-17-10-9-14-12-21(13-16(14)17)19(23)18-8-4-5-11-22(18)26(24,25)15-6-2-1-3-7-15;/h1-3,6-7,14,16-18H,4-5,8-13,20H2;1H. The molecule has 1 aromatic carbocycles. The van der Waals surface area contributed by atoms with Gasteiger partial charge in [-0.2, -0.15) is 4.31 Å². The zero-order valence-corrected chi connectivity index (χ0v) is 17.0. The number of benzene rings is 1. The number of hydrogen-bond donors (Lipinski definition) is 1. The molecular weight excluding hydrogens is 386 g/mol. The molecular formula is C19H28ClN3O3S. The molecule has 2 saturated heterocycles. The number of likely N-dealkylation sites (tertiary alicyclic amines) is 1. The van der Waals surface area contributed by atoms with Crippen LogP contribution in [0, 0.1) is 11.8 Å². The van der Waals surface area contributed by atoms with Gasteiger partial charge in [-0.3, -0.25) is 4.79 Å². The van der Waals surface area contributed by atoms with Crippen molar-refractivity contribution >= 4 is 28.3 Å². The summed E-state index contributed by atoms with van der Waals surface area (Å²) in [6.07, 6.45) is 4.40. The fourth-order valence-corrected chi connectivity index (χ4v) is 6.54. The van der Waals surface area contributed by atoms with Crippen LogP contribution >= 0.6 is 12.4 Å². The third kappa shape index (κ3) is 3.75. The lowest BCUT2D eigenvalue weighted by atomic mass is 9.98. The SMILES string of the molecule is Cl.NC1CCC2CN(C(=O)C3CCCCN3S(=O)(=O)c3ccccc3)CC12. The Hall–Kier alpha value is -1.15. The van der Waals surface area contributed by atoms with Gasteiger partial charge in [-0.25, -0.2) is 8.42 Å². The summed E-state index contributed by atoms with van der Waals surface area (Å²) in [6, 6.07) is 8.03. The van der Waals surface area contributed by atoms with E-state index in [0.717, 1.165) is 32.2 Å². The smallest absolute Gasteiger partial charge is 0.243 e. The Balaban J connectivity index is 0.00000210. The van der Waals surface area contributed by atoms with Crippen LogP contribution in [0.1, 0.15) is 32.1 Å².